The molecule has 2 N–H and O–H groups in total. The molecule has 0 spiro atoms. The number of rotatable bonds is 4. The Morgan fingerprint density at radius 1 is 1.87 bits per heavy atom. The van der Waals surface area contributed by atoms with Crippen LogP contribution in [0.2, 0.25) is 0 Å². The minimum absolute atomic E-state index is 0.131. The maximum absolute atomic E-state index is 11.1. The minimum atomic E-state index is -0.674. The van der Waals surface area contributed by atoms with E-state index < -0.39 is 5.97 Å². The van der Waals surface area contributed by atoms with E-state index in [0.29, 0.717) is 5.95 Å². The summed E-state index contributed by atoms with van der Waals surface area (Å²) in [5.41, 5.74) is -0.131. The highest BCUT2D eigenvalue weighted by Crippen LogP contribution is 1.99. The lowest BCUT2D eigenvalue weighted by Crippen LogP contribution is -2.08. The number of carbonyl (C=O) groups is 1. The molecule has 7 nitrogen and oxygen atoms in total. The average Bonchev–Trinajstić information content (AvgIpc) is 2.72. The maximum atomic E-state index is 11.1. The van der Waals surface area contributed by atoms with Crippen LogP contribution in [0.15, 0.2) is 18.1 Å². The fraction of sp³-hybridized carbons (Fsp3) is 0.250. The van der Waals surface area contributed by atoms with Gasteiger partial charge in [-0.25, -0.2) is 9.89 Å². The number of hydrogen-bond acceptors (Lipinski definition) is 6. The van der Waals surface area contributed by atoms with Crippen molar-refractivity contribution in [3.63, 3.8) is 0 Å². The summed E-state index contributed by atoms with van der Waals surface area (Å²) in [5, 5.41) is 17.3. The van der Waals surface area contributed by atoms with Crippen molar-refractivity contribution in [1.82, 2.24) is 15.2 Å². The number of nitrogens with zero attached hydrogens (tertiary/aromatic N) is 3. The van der Waals surface area contributed by atoms with Crippen molar-refractivity contribution >= 4 is 11.9 Å². The number of aromatic nitrogens is 3. The average molecular weight is 207 g/mol. The molecule has 0 unspecified atom stereocenters. The van der Waals surface area contributed by atoms with Crippen LogP contribution < -0.4 is 5.32 Å². The first-order valence-electron chi connectivity index (χ1n) is 4.17. The van der Waals surface area contributed by atoms with E-state index in [1.807, 2.05) is 0 Å². The Morgan fingerprint density at radius 2 is 2.67 bits per heavy atom. The number of nitrogens with one attached hydrogen (secondary N) is 2. The molecule has 0 saturated carbocycles. The Hall–Kier alpha value is -2.36. The van der Waals surface area contributed by atoms with E-state index in [0.717, 1.165) is 0 Å². The third-order valence-electron chi connectivity index (χ3n) is 1.38. The van der Waals surface area contributed by atoms with Crippen LogP contribution in [0.1, 0.15) is 6.92 Å². The summed E-state index contributed by atoms with van der Waals surface area (Å²) in [7, 11) is 0. The number of anilines is 1. The molecule has 1 rings (SSSR count). The summed E-state index contributed by atoms with van der Waals surface area (Å²) < 4.78 is 4.65. The molecule has 0 aliphatic carbocycles. The molecule has 0 atom stereocenters. The summed E-state index contributed by atoms with van der Waals surface area (Å²) in [6, 6.07) is 1.71. The molecule has 0 radical (unpaired) electrons. The number of esters is 1. The van der Waals surface area contributed by atoms with Crippen molar-refractivity contribution < 1.29 is 9.53 Å². The summed E-state index contributed by atoms with van der Waals surface area (Å²) >= 11 is 0. The van der Waals surface area contributed by atoms with Gasteiger partial charge in [0.2, 0.25) is 5.95 Å². The molecule has 1 aromatic heterocycles. The highest BCUT2D eigenvalue weighted by Gasteiger charge is 2.09. The standard InChI is InChI=1S/C8H9N5O2/c1-2-15-7(14)6(3-9)4-10-8-11-5-12-13-8/h4-5H,2H2,1H3,(H2,10,11,12,13)/b6-4-. The number of nitriles is 1. The normalized spacial score (nSPS) is 10.5. The van der Waals surface area contributed by atoms with Gasteiger partial charge in [-0.05, 0) is 6.92 Å². The van der Waals surface area contributed by atoms with E-state index in [2.05, 4.69) is 25.2 Å². The quantitative estimate of drug-likeness (QED) is 0.415. The van der Waals surface area contributed by atoms with Crippen molar-refractivity contribution in [2.24, 2.45) is 0 Å². The smallest absolute Gasteiger partial charge is 0.350 e. The number of hydrogen-bond donors (Lipinski definition) is 2. The number of aromatic amines is 1. The van der Waals surface area contributed by atoms with E-state index >= 15 is 0 Å². The zero-order valence-corrected chi connectivity index (χ0v) is 8.02. The third-order valence-corrected chi connectivity index (χ3v) is 1.38. The van der Waals surface area contributed by atoms with Crippen LogP contribution in [0.25, 0.3) is 0 Å². The second-order valence-corrected chi connectivity index (χ2v) is 2.37. The molecule has 0 aliphatic rings. The predicted octanol–water partition coefficient (Wildman–Crippen LogP) is 0.187. The van der Waals surface area contributed by atoms with Gasteiger partial charge in [-0.1, -0.05) is 0 Å². The summed E-state index contributed by atoms with van der Waals surface area (Å²) in [4.78, 5) is 14.9. The van der Waals surface area contributed by atoms with Crippen LogP contribution in [-0.4, -0.2) is 27.8 Å². The maximum Gasteiger partial charge on any atom is 0.350 e. The van der Waals surface area contributed by atoms with Gasteiger partial charge in [0.25, 0.3) is 0 Å². The Morgan fingerprint density at radius 3 is 3.20 bits per heavy atom. The zero-order chi connectivity index (χ0) is 11.1. The molecule has 0 amide bonds. The van der Waals surface area contributed by atoms with Crippen molar-refractivity contribution in [3.8, 4) is 6.07 Å². The van der Waals surface area contributed by atoms with Crippen molar-refractivity contribution in [2.45, 2.75) is 6.92 Å². The predicted molar refractivity (Wildman–Crippen MR) is 50.3 cm³/mol. The first kappa shape index (κ1) is 10.7. The molecule has 0 bridgehead atoms. The monoisotopic (exact) mass is 207 g/mol. The molecule has 7 heteroatoms. The lowest BCUT2D eigenvalue weighted by Gasteiger charge is -1.99. The Bertz CT molecular complexity index is 390. The van der Waals surface area contributed by atoms with Gasteiger partial charge in [-0.3, -0.25) is 0 Å². The van der Waals surface area contributed by atoms with Gasteiger partial charge in [0, 0.05) is 6.20 Å². The van der Waals surface area contributed by atoms with E-state index in [1.165, 1.54) is 12.5 Å². The number of H-pyrrole nitrogens is 1. The second-order valence-electron chi connectivity index (χ2n) is 2.37. The van der Waals surface area contributed by atoms with Gasteiger partial charge >= 0.3 is 5.97 Å². The van der Waals surface area contributed by atoms with E-state index in [-0.39, 0.29) is 12.2 Å². The highest BCUT2D eigenvalue weighted by molar-refractivity contribution is 5.92. The molecule has 78 valence electrons. The fourth-order valence-corrected chi connectivity index (χ4v) is 0.761. The Balaban J connectivity index is 2.63. The van der Waals surface area contributed by atoms with Crippen LogP contribution in [0.3, 0.4) is 0 Å². The SMILES string of the molecule is CCOC(=O)/C(C#N)=C\Nc1ncn[nH]1. The first-order chi connectivity index (χ1) is 7.27. The molecule has 1 aromatic rings. The minimum Gasteiger partial charge on any atom is -0.462 e. The summed E-state index contributed by atoms with van der Waals surface area (Å²) in [6.45, 7) is 1.89. The molecule has 1 heterocycles. The van der Waals surface area contributed by atoms with Gasteiger partial charge in [0.05, 0.1) is 6.61 Å². The summed E-state index contributed by atoms with van der Waals surface area (Å²) in [6.07, 6.45) is 2.51. The van der Waals surface area contributed by atoms with Gasteiger partial charge in [-0.2, -0.15) is 15.3 Å². The third kappa shape index (κ3) is 3.11. The highest BCUT2D eigenvalue weighted by atomic mass is 16.5. The van der Waals surface area contributed by atoms with Crippen molar-refractivity contribution in [3.05, 3.63) is 18.1 Å². The topological polar surface area (TPSA) is 104 Å². The van der Waals surface area contributed by atoms with Gasteiger partial charge in [-0.15, -0.1) is 0 Å². The van der Waals surface area contributed by atoms with Crippen LogP contribution in [0.5, 0.6) is 0 Å². The number of carbonyl (C=O) groups excluding carboxylic acids is 1. The van der Waals surface area contributed by atoms with Gasteiger partial charge in [0.15, 0.2) is 5.57 Å². The lowest BCUT2D eigenvalue weighted by molar-refractivity contribution is -0.138. The molecule has 0 aliphatic heterocycles. The largest absolute Gasteiger partial charge is 0.462 e. The summed E-state index contributed by atoms with van der Waals surface area (Å²) in [5.74, 6) is -0.334. The molecule has 15 heavy (non-hydrogen) atoms. The molecular weight excluding hydrogens is 198 g/mol. The van der Waals surface area contributed by atoms with Crippen LogP contribution in [0, 0.1) is 11.3 Å². The molecule has 0 saturated heterocycles. The Labute approximate surface area is 85.8 Å². The molecule has 0 aromatic carbocycles. The van der Waals surface area contributed by atoms with Crippen LogP contribution >= 0.6 is 0 Å². The van der Waals surface area contributed by atoms with Gasteiger partial charge < -0.3 is 10.1 Å². The van der Waals surface area contributed by atoms with Crippen molar-refractivity contribution in [2.75, 3.05) is 11.9 Å². The lowest BCUT2D eigenvalue weighted by atomic mass is 10.3. The molecule has 0 fully saturated rings. The van der Waals surface area contributed by atoms with Crippen molar-refractivity contribution in [1.29, 1.82) is 5.26 Å². The van der Waals surface area contributed by atoms with Crippen LogP contribution in [0.4, 0.5) is 5.95 Å². The van der Waals surface area contributed by atoms with E-state index in [1.54, 1.807) is 13.0 Å². The Kier molecular flexibility index (Phi) is 3.85. The van der Waals surface area contributed by atoms with Crippen LogP contribution in [-0.2, 0) is 9.53 Å². The molecular formula is C8H9N5O2. The fourth-order valence-electron chi connectivity index (χ4n) is 0.761. The first-order valence-corrected chi connectivity index (χ1v) is 4.17. The zero-order valence-electron chi connectivity index (χ0n) is 8.02. The van der Waals surface area contributed by atoms with E-state index in [4.69, 9.17) is 5.26 Å². The second kappa shape index (κ2) is 5.39. The van der Waals surface area contributed by atoms with Gasteiger partial charge in [0.1, 0.15) is 12.4 Å². The number of ether oxygens (including phenoxy) is 1. The van der Waals surface area contributed by atoms with E-state index in [9.17, 15) is 4.79 Å².